The van der Waals surface area contributed by atoms with Crippen LogP contribution in [-0.4, -0.2) is 18.3 Å². The molecular weight excluding hydrogens is 340 g/mol. The quantitative estimate of drug-likeness (QED) is 0.875. The number of amides is 1. The van der Waals surface area contributed by atoms with E-state index in [4.69, 9.17) is 15.9 Å². The van der Waals surface area contributed by atoms with Crippen LogP contribution >= 0.6 is 0 Å². The van der Waals surface area contributed by atoms with Crippen LogP contribution in [0.2, 0.25) is 0 Å². The molecule has 0 aromatic heterocycles. The van der Waals surface area contributed by atoms with Crippen molar-refractivity contribution in [3.63, 3.8) is 0 Å². The van der Waals surface area contributed by atoms with Crippen LogP contribution in [0.15, 0.2) is 71.4 Å². The molecule has 1 aliphatic rings. The largest absolute Gasteiger partial charge is 0.494 e. The number of nitrogens with zero attached hydrogens (tertiary/aromatic N) is 2. The maximum absolute atomic E-state index is 12.8. The number of hydrogen-bond acceptors (Lipinski definition) is 5. The molecule has 3 N–H and O–H groups in total. The maximum Gasteiger partial charge on any atom is 0.276 e. The summed E-state index contributed by atoms with van der Waals surface area (Å²) in [5, 5.41) is 18.0. The maximum atomic E-state index is 12.8. The Labute approximate surface area is 157 Å². The predicted molar refractivity (Wildman–Crippen MR) is 104 cm³/mol. The zero-order chi connectivity index (χ0) is 19.4. The van der Waals surface area contributed by atoms with Gasteiger partial charge in [0.05, 0.1) is 18.0 Å². The number of nitrogens with two attached hydrogens (primary N) is 1. The number of nitriles is 1. The Bertz CT molecular complexity index is 983. The molecule has 0 fully saturated rings. The van der Waals surface area contributed by atoms with Crippen molar-refractivity contribution in [3.8, 4) is 11.8 Å². The second-order valence-electron chi connectivity index (χ2n) is 5.79. The number of ether oxygens (including phenoxy) is 1. The van der Waals surface area contributed by atoms with Crippen molar-refractivity contribution in [2.75, 3.05) is 11.5 Å². The van der Waals surface area contributed by atoms with Gasteiger partial charge in [-0.1, -0.05) is 30.3 Å². The third kappa shape index (κ3) is 3.44. The molecule has 0 radical (unpaired) electrons. The van der Waals surface area contributed by atoms with Crippen molar-refractivity contribution in [2.45, 2.75) is 6.92 Å². The number of benzene rings is 2. The average Bonchev–Trinajstić information content (AvgIpc) is 2.68. The number of carbonyl (C=O) groups is 1. The first kappa shape index (κ1) is 18.0. The molecule has 1 heterocycles. The van der Waals surface area contributed by atoms with E-state index in [-0.39, 0.29) is 17.1 Å². The predicted octanol–water partition coefficient (Wildman–Crippen LogP) is 3.23. The molecule has 1 aliphatic heterocycles. The molecule has 0 aliphatic carbocycles. The molecule has 6 nitrogen and oxygen atoms in total. The molecule has 0 bridgehead atoms. The minimum absolute atomic E-state index is 0.0125. The third-order valence-electron chi connectivity index (χ3n) is 4.08. The highest BCUT2D eigenvalue weighted by atomic mass is 16.5. The van der Waals surface area contributed by atoms with Gasteiger partial charge < -0.3 is 10.5 Å². The van der Waals surface area contributed by atoms with E-state index < -0.39 is 5.91 Å². The van der Waals surface area contributed by atoms with E-state index in [1.54, 1.807) is 30.3 Å². The van der Waals surface area contributed by atoms with E-state index in [1.807, 2.05) is 43.3 Å². The van der Waals surface area contributed by atoms with Crippen LogP contribution in [-0.2, 0) is 4.79 Å². The number of anilines is 1. The SMILES string of the molecule is CCOc1ccc(N2C(=N)/C(=C\c3ccccc3)C(N)=C(C#N)C2=O)cc1. The normalized spacial score (nSPS) is 15.9. The molecule has 0 saturated heterocycles. The monoisotopic (exact) mass is 358 g/mol. The lowest BCUT2D eigenvalue weighted by Crippen LogP contribution is -2.44. The van der Waals surface area contributed by atoms with Crippen LogP contribution < -0.4 is 15.4 Å². The lowest BCUT2D eigenvalue weighted by atomic mass is 9.97. The Morgan fingerprint density at radius 3 is 2.44 bits per heavy atom. The molecule has 134 valence electrons. The van der Waals surface area contributed by atoms with Crippen LogP contribution in [0.4, 0.5) is 5.69 Å². The molecule has 1 amide bonds. The van der Waals surface area contributed by atoms with Gasteiger partial charge in [0, 0.05) is 5.57 Å². The lowest BCUT2D eigenvalue weighted by molar-refractivity contribution is -0.114. The van der Waals surface area contributed by atoms with Crippen molar-refractivity contribution >= 4 is 23.5 Å². The van der Waals surface area contributed by atoms with E-state index in [1.165, 1.54) is 4.90 Å². The van der Waals surface area contributed by atoms with E-state index in [9.17, 15) is 10.1 Å². The van der Waals surface area contributed by atoms with Gasteiger partial charge in [0.2, 0.25) is 0 Å². The topological polar surface area (TPSA) is 103 Å². The number of carbonyl (C=O) groups excluding carboxylic acids is 1. The van der Waals surface area contributed by atoms with Crippen LogP contribution in [0.3, 0.4) is 0 Å². The Kier molecular flexibility index (Phi) is 5.04. The van der Waals surface area contributed by atoms with Crippen molar-refractivity contribution in [1.82, 2.24) is 0 Å². The highest BCUT2D eigenvalue weighted by Gasteiger charge is 2.34. The molecule has 0 atom stereocenters. The summed E-state index contributed by atoms with van der Waals surface area (Å²) in [6, 6.07) is 18.0. The van der Waals surface area contributed by atoms with Crippen LogP contribution in [0.5, 0.6) is 5.75 Å². The van der Waals surface area contributed by atoms with Gasteiger partial charge in [-0.05, 0) is 42.8 Å². The minimum Gasteiger partial charge on any atom is -0.494 e. The molecule has 27 heavy (non-hydrogen) atoms. The Balaban J connectivity index is 2.08. The summed E-state index contributed by atoms with van der Waals surface area (Å²) in [5.41, 5.74) is 7.49. The van der Waals surface area contributed by atoms with Crippen LogP contribution in [0.25, 0.3) is 6.08 Å². The summed E-state index contributed by atoms with van der Waals surface area (Å²) in [5.74, 6) is -0.0354. The van der Waals surface area contributed by atoms with Gasteiger partial charge >= 0.3 is 0 Å². The fourth-order valence-corrected chi connectivity index (χ4v) is 2.79. The van der Waals surface area contributed by atoms with Gasteiger partial charge in [-0.3, -0.25) is 15.1 Å². The van der Waals surface area contributed by atoms with E-state index >= 15 is 0 Å². The Hall–Kier alpha value is -3.85. The lowest BCUT2D eigenvalue weighted by Gasteiger charge is -2.29. The zero-order valence-corrected chi connectivity index (χ0v) is 14.8. The molecule has 0 unspecified atom stereocenters. The van der Waals surface area contributed by atoms with Gasteiger partial charge in [-0.2, -0.15) is 5.26 Å². The molecule has 3 rings (SSSR count). The second kappa shape index (κ2) is 7.58. The average molecular weight is 358 g/mol. The van der Waals surface area contributed by atoms with Crippen molar-refractivity contribution in [1.29, 1.82) is 10.7 Å². The van der Waals surface area contributed by atoms with Gasteiger partial charge in [0.25, 0.3) is 5.91 Å². The van der Waals surface area contributed by atoms with Crippen molar-refractivity contribution in [3.05, 3.63) is 77.0 Å². The zero-order valence-electron chi connectivity index (χ0n) is 14.8. The molecule has 0 spiro atoms. The standard InChI is InChI=1S/C21H18N4O2/c1-2-27-16-10-8-15(9-11-16)25-20(24)17(12-14-6-4-3-5-7-14)19(23)18(13-22)21(25)26/h3-12,24H,2,23H2,1H3/b17-12-,24-20?. The van der Waals surface area contributed by atoms with Gasteiger partial charge in [0.1, 0.15) is 23.2 Å². The smallest absolute Gasteiger partial charge is 0.276 e. The summed E-state index contributed by atoms with van der Waals surface area (Å²) in [6.45, 7) is 2.41. The summed E-state index contributed by atoms with van der Waals surface area (Å²) in [4.78, 5) is 13.9. The fraction of sp³-hybridized carbons (Fsp3) is 0.0952. The molecule has 6 heteroatoms. The van der Waals surface area contributed by atoms with E-state index in [2.05, 4.69) is 0 Å². The van der Waals surface area contributed by atoms with Crippen molar-refractivity contribution in [2.24, 2.45) is 5.73 Å². The van der Waals surface area contributed by atoms with Gasteiger partial charge in [0.15, 0.2) is 0 Å². The summed E-state index contributed by atoms with van der Waals surface area (Å²) in [6.07, 6.45) is 1.70. The minimum atomic E-state index is -0.616. The second-order valence-corrected chi connectivity index (χ2v) is 5.79. The van der Waals surface area contributed by atoms with Crippen LogP contribution in [0, 0.1) is 16.7 Å². The van der Waals surface area contributed by atoms with Crippen LogP contribution in [0.1, 0.15) is 12.5 Å². The Morgan fingerprint density at radius 2 is 1.85 bits per heavy atom. The number of hydrogen-bond donors (Lipinski definition) is 2. The summed E-state index contributed by atoms with van der Waals surface area (Å²) >= 11 is 0. The molecule has 2 aromatic rings. The first-order valence-corrected chi connectivity index (χ1v) is 8.40. The number of nitrogens with one attached hydrogen (secondary N) is 1. The highest BCUT2D eigenvalue weighted by molar-refractivity contribution is 6.33. The van der Waals surface area contributed by atoms with Gasteiger partial charge in [-0.25, -0.2) is 0 Å². The number of rotatable bonds is 4. The van der Waals surface area contributed by atoms with E-state index in [0.717, 1.165) is 5.56 Å². The highest BCUT2D eigenvalue weighted by Crippen LogP contribution is 2.29. The third-order valence-corrected chi connectivity index (χ3v) is 4.08. The van der Waals surface area contributed by atoms with Gasteiger partial charge in [-0.15, -0.1) is 0 Å². The van der Waals surface area contributed by atoms with E-state index in [0.29, 0.717) is 23.6 Å². The summed E-state index contributed by atoms with van der Waals surface area (Å²) in [7, 11) is 0. The first-order chi connectivity index (χ1) is 13.1. The summed E-state index contributed by atoms with van der Waals surface area (Å²) < 4.78 is 5.41. The Morgan fingerprint density at radius 1 is 1.19 bits per heavy atom. The molecular formula is C21H18N4O2. The first-order valence-electron chi connectivity index (χ1n) is 8.40. The molecule has 0 saturated carbocycles. The van der Waals surface area contributed by atoms with Crippen molar-refractivity contribution < 1.29 is 9.53 Å². The number of amidine groups is 1. The fourth-order valence-electron chi connectivity index (χ4n) is 2.79. The molecule has 2 aromatic carbocycles.